The van der Waals surface area contributed by atoms with Crippen LogP contribution in [0.5, 0.6) is 11.5 Å². The third kappa shape index (κ3) is 4.76. The molecular weight excluding hydrogens is 450 g/mol. The largest absolute Gasteiger partial charge is 0.484 e. The minimum Gasteiger partial charge on any atom is -0.484 e. The summed E-state index contributed by atoms with van der Waals surface area (Å²) in [7, 11) is 0. The lowest BCUT2D eigenvalue weighted by Crippen LogP contribution is -2.38. The van der Waals surface area contributed by atoms with Gasteiger partial charge in [0.2, 0.25) is 0 Å². The maximum absolute atomic E-state index is 12.3. The van der Waals surface area contributed by atoms with Crippen LogP contribution < -0.4 is 19.7 Å². The van der Waals surface area contributed by atoms with E-state index in [0.29, 0.717) is 33.9 Å². The molecule has 2 aromatic carbocycles. The van der Waals surface area contributed by atoms with E-state index in [2.05, 4.69) is 16.9 Å². The van der Waals surface area contributed by atoms with E-state index in [0.717, 1.165) is 16.1 Å². The molecule has 7 nitrogen and oxygen atoms in total. The molecule has 4 rings (SSSR count). The number of amides is 2. The Hall–Kier alpha value is -3.36. The number of carbonyl (C=O) groups excluding carboxylic acids is 2. The summed E-state index contributed by atoms with van der Waals surface area (Å²) in [5.41, 5.74) is 2.22. The highest BCUT2D eigenvalue weighted by molar-refractivity contribution is 7.16. The first-order chi connectivity index (χ1) is 15.4. The highest BCUT2D eigenvalue weighted by atomic mass is 35.5. The minimum atomic E-state index is -0.318. The number of nitrogens with one attached hydrogen (secondary N) is 1. The van der Waals surface area contributed by atoms with Crippen molar-refractivity contribution in [2.75, 3.05) is 30.0 Å². The molecule has 3 aromatic rings. The third-order valence-electron chi connectivity index (χ3n) is 4.71. The number of hydrogen-bond acceptors (Lipinski definition) is 6. The van der Waals surface area contributed by atoms with Crippen LogP contribution in [0.25, 0.3) is 11.3 Å². The van der Waals surface area contributed by atoms with E-state index < -0.39 is 0 Å². The van der Waals surface area contributed by atoms with Gasteiger partial charge in [0.05, 0.1) is 11.4 Å². The molecule has 0 unspecified atom stereocenters. The second kappa shape index (κ2) is 9.42. The molecular formula is C23H20ClN3O4S. The zero-order chi connectivity index (χ0) is 22.7. The van der Waals surface area contributed by atoms with E-state index in [1.54, 1.807) is 35.2 Å². The second-order valence-corrected chi connectivity index (χ2v) is 8.62. The van der Waals surface area contributed by atoms with E-state index in [9.17, 15) is 9.59 Å². The molecule has 2 amide bonds. The number of anilines is 2. The summed E-state index contributed by atoms with van der Waals surface area (Å²) in [5, 5.41) is 3.83. The summed E-state index contributed by atoms with van der Waals surface area (Å²) in [6.45, 7) is 5.90. The number of hydrogen-bond donors (Lipinski definition) is 1. The van der Waals surface area contributed by atoms with Crippen LogP contribution >= 0.6 is 22.9 Å². The van der Waals surface area contributed by atoms with Crippen LogP contribution in [0.4, 0.5) is 10.8 Å². The van der Waals surface area contributed by atoms with Gasteiger partial charge in [-0.1, -0.05) is 17.7 Å². The average Bonchev–Trinajstić information content (AvgIpc) is 3.15. The molecule has 164 valence electrons. The summed E-state index contributed by atoms with van der Waals surface area (Å²) in [6.07, 6.45) is 1.67. The van der Waals surface area contributed by atoms with Crippen molar-refractivity contribution in [2.24, 2.45) is 0 Å². The first kappa shape index (κ1) is 21.9. The van der Waals surface area contributed by atoms with Gasteiger partial charge in [0.15, 0.2) is 18.3 Å². The van der Waals surface area contributed by atoms with Crippen molar-refractivity contribution in [1.29, 1.82) is 0 Å². The Morgan fingerprint density at radius 3 is 2.88 bits per heavy atom. The van der Waals surface area contributed by atoms with Crippen molar-refractivity contribution in [1.82, 2.24) is 4.98 Å². The van der Waals surface area contributed by atoms with Gasteiger partial charge in [-0.25, -0.2) is 4.98 Å². The average molecular weight is 470 g/mol. The summed E-state index contributed by atoms with van der Waals surface area (Å²) >= 11 is 7.21. The van der Waals surface area contributed by atoms with Crippen LogP contribution in [-0.4, -0.2) is 36.6 Å². The summed E-state index contributed by atoms with van der Waals surface area (Å²) in [4.78, 5) is 31.7. The SMILES string of the molecule is C=CCN1C(=O)COc2ccc(-c3nc(NC(=O)COc4ccc(Cl)cc4)sc3C)cc21. The van der Waals surface area contributed by atoms with Crippen molar-refractivity contribution in [2.45, 2.75) is 6.92 Å². The van der Waals surface area contributed by atoms with Crippen molar-refractivity contribution in [3.63, 3.8) is 0 Å². The van der Waals surface area contributed by atoms with Gasteiger partial charge in [0.1, 0.15) is 11.5 Å². The molecule has 0 fully saturated rings. The number of aromatic nitrogens is 1. The maximum atomic E-state index is 12.3. The monoisotopic (exact) mass is 469 g/mol. The molecule has 1 aliphatic rings. The maximum Gasteiger partial charge on any atom is 0.265 e. The molecule has 0 bridgehead atoms. The molecule has 0 atom stereocenters. The molecule has 0 spiro atoms. The molecule has 9 heteroatoms. The number of rotatable bonds is 7. The van der Waals surface area contributed by atoms with Crippen molar-refractivity contribution >= 4 is 45.6 Å². The molecule has 32 heavy (non-hydrogen) atoms. The van der Waals surface area contributed by atoms with E-state index in [4.69, 9.17) is 21.1 Å². The number of thiazole rings is 1. The van der Waals surface area contributed by atoms with Gasteiger partial charge in [-0.3, -0.25) is 14.9 Å². The number of benzene rings is 2. The number of halogens is 1. The Morgan fingerprint density at radius 1 is 1.34 bits per heavy atom. The van der Waals surface area contributed by atoms with Gasteiger partial charge in [0.25, 0.3) is 11.8 Å². The number of carbonyl (C=O) groups is 2. The topological polar surface area (TPSA) is 80.8 Å². The van der Waals surface area contributed by atoms with Gasteiger partial charge in [-0.15, -0.1) is 17.9 Å². The number of ether oxygens (including phenoxy) is 2. The molecule has 0 aliphatic carbocycles. The zero-order valence-electron chi connectivity index (χ0n) is 17.3. The van der Waals surface area contributed by atoms with Crippen LogP contribution in [0.15, 0.2) is 55.1 Å². The Morgan fingerprint density at radius 2 is 2.12 bits per heavy atom. The number of nitrogens with zero attached hydrogens (tertiary/aromatic N) is 2. The third-order valence-corrected chi connectivity index (χ3v) is 5.85. The fraction of sp³-hybridized carbons (Fsp3) is 0.174. The number of aryl methyl sites for hydroxylation is 1. The molecule has 1 aliphatic heterocycles. The van der Waals surface area contributed by atoms with Gasteiger partial charge in [0, 0.05) is 22.0 Å². The second-order valence-electron chi connectivity index (χ2n) is 6.98. The molecule has 2 heterocycles. The molecule has 0 saturated heterocycles. The van der Waals surface area contributed by atoms with Gasteiger partial charge >= 0.3 is 0 Å². The summed E-state index contributed by atoms with van der Waals surface area (Å²) in [5.74, 6) is 0.742. The van der Waals surface area contributed by atoms with Gasteiger partial charge in [-0.2, -0.15) is 0 Å². The van der Waals surface area contributed by atoms with Crippen LogP contribution in [0.2, 0.25) is 5.02 Å². The normalized spacial score (nSPS) is 12.7. The first-order valence-corrected chi connectivity index (χ1v) is 11.0. The highest BCUT2D eigenvalue weighted by Crippen LogP contribution is 2.38. The predicted octanol–water partition coefficient (Wildman–Crippen LogP) is 4.70. The smallest absolute Gasteiger partial charge is 0.265 e. The van der Waals surface area contributed by atoms with E-state index in [-0.39, 0.29) is 25.0 Å². The Labute approximate surface area is 194 Å². The van der Waals surface area contributed by atoms with E-state index in [1.165, 1.54) is 11.3 Å². The number of fused-ring (bicyclic) bond motifs is 1. The summed E-state index contributed by atoms with van der Waals surface area (Å²) in [6, 6.07) is 12.4. The van der Waals surface area contributed by atoms with Gasteiger partial charge < -0.3 is 14.4 Å². The Balaban J connectivity index is 1.48. The quantitative estimate of drug-likeness (QED) is 0.507. The lowest BCUT2D eigenvalue weighted by atomic mass is 10.1. The van der Waals surface area contributed by atoms with Crippen molar-refractivity contribution in [3.8, 4) is 22.8 Å². The van der Waals surface area contributed by atoms with Crippen molar-refractivity contribution < 1.29 is 19.1 Å². The van der Waals surface area contributed by atoms with Crippen molar-refractivity contribution in [3.05, 3.63) is 65.0 Å². The predicted molar refractivity (Wildman–Crippen MR) is 126 cm³/mol. The standard InChI is InChI=1S/C23H20ClN3O4S/c1-3-10-27-18-11-15(4-9-19(18)31-13-21(27)29)22-14(2)32-23(26-22)25-20(28)12-30-17-7-5-16(24)6-8-17/h3-9,11H,1,10,12-13H2,2H3,(H,25,26,28). The highest BCUT2D eigenvalue weighted by Gasteiger charge is 2.25. The first-order valence-electron chi connectivity index (χ1n) is 9.78. The van der Waals surface area contributed by atoms with E-state index in [1.807, 2.05) is 25.1 Å². The fourth-order valence-electron chi connectivity index (χ4n) is 3.23. The molecule has 1 N–H and O–H groups in total. The Bertz CT molecular complexity index is 1180. The lowest BCUT2D eigenvalue weighted by Gasteiger charge is -2.28. The molecule has 0 radical (unpaired) electrons. The Kier molecular flexibility index (Phi) is 6.43. The van der Waals surface area contributed by atoms with Crippen LogP contribution in [0.1, 0.15) is 4.88 Å². The lowest BCUT2D eigenvalue weighted by molar-refractivity contribution is -0.121. The van der Waals surface area contributed by atoms with Crippen LogP contribution in [0.3, 0.4) is 0 Å². The minimum absolute atomic E-state index is 0.00415. The van der Waals surface area contributed by atoms with Crippen LogP contribution in [0, 0.1) is 6.92 Å². The van der Waals surface area contributed by atoms with Crippen LogP contribution in [-0.2, 0) is 9.59 Å². The summed E-state index contributed by atoms with van der Waals surface area (Å²) < 4.78 is 11.0. The molecule has 0 saturated carbocycles. The molecule has 1 aromatic heterocycles. The fourth-order valence-corrected chi connectivity index (χ4v) is 4.21. The van der Waals surface area contributed by atoms with E-state index >= 15 is 0 Å². The van der Waals surface area contributed by atoms with Gasteiger partial charge in [-0.05, 0) is 49.4 Å². The zero-order valence-corrected chi connectivity index (χ0v) is 18.8.